The Kier molecular flexibility index (Phi) is 4.74. The van der Waals surface area contributed by atoms with Crippen molar-refractivity contribution in [3.8, 4) is 11.5 Å². The van der Waals surface area contributed by atoms with Gasteiger partial charge in [0.25, 0.3) is 0 Å². The SMILES string of the molecule is COc1cc(C(=O)/C=C/c2ccc(C(F)(F)F)cc2)ccc1O. The van der Waals surface area contributed by atoms with E-state index in [4.69, 9.17) is 4.74 Å². The van der Waals surface area contributed by atoms with E-state index < -0.39 is 11.7 Å². The Morgan fingerprint density at radius 2 is 1.78 bits per heavy atom. The second-order valence-electron chi connectivity index (χ2n) is 4.70. The molecule has 0 fully saturated rings. The molecular weight excluding hydrogens is 309 g/mol. The molecule has 2 aromatic rings. The summed E-state index contributed by atoms with van der Waals surface area (Å²) >= 11 is 0. The number of rotatable bonds is 4. The minimum atomic E-state index is -4.39. The lowest BCUT2D eigenvalue weighted by molar-refractivity contribution is -0.137. The van der Waals surface area contributed by atoms with Gasteiger partial charge in [0.15, 0.2) is 17.3 Å². The van der Waals surface area contributed by atoms with Crippen LogP contribution in [0.5, 0.6) is 11.5 Å². The van der Waals surface area contributed by atoms with E-state index in [0.717, 1.165) is 12.1 Å². The minimum absolute atomic E-state index is 0.0873. The molecule has 0 radical (unpaired) electrons. The molecule has 0 aliphatic heterocycles. The highest BCUT2D eigenvalue weighted by atomic mass is 19.4. The fourth-order valence-electron chi connectivity index (χ4n) is 1.88. The molecule has 3 nitrogen and oxygen atoms in total. The summed E-state index contributed by atoms with van der Waals surface area (Å²) in [4.78, 5) is 12.0. The standard InChI is InChI=1S/C17H13F3O3/c1-23-16-10-12(5-9-15(16)22)14(21)8-4-11-2-6-13(7-3-11)17(18,19)20/h2-10,22H,1H3/b8-4+. The maximum absolute atomic E-state index is 12.5. The maximum atomic E-state index is 12.5. The lowest BCUT2D eigenvalue weighted by Crippen LogP contribution is -2.04. The van der Waals surface area contributed by atoms with Crippen LogP contribution in [-0.4, -0.2) is 18.0 Å². The number of carbonyl (C=O) groups is 1. The molecule has 0 aromatic heterocycles. The predicted octanol–water partition coefficient (Wildman–Crippen LogP) is 4.32. The van der Waals surface area contributed by atoms with Gasteiger partial charge in [0, 0.05) is 5.56 Å². The number of phenols is 1. The van der Waals surface area contributed by atoms with Gasteiger partial charge in [-0.05, 0) is 42.0 Å². The highest BCUT2D eigenvalue weighted by molar-refractivity contribution is 6.07. The molecule has 2 rings (SSSR count). The van der Waals surface area contributed by atoms with Gasteiger partial charge in [-0.1, -0.05) is 18.2 Å². The summed E-state index contributed by atoms with van der Waals surface area (Å²) in [5, 5.41) is 9.47. The number of allylic oxidation sites excluding steroid dienone is 1. The smallest absolute Gasteiger partial charge is 0.416 e. The second kappa shape index (κ2) is 6.56. The summed E-state index contributed by atoms with van der Waals surface area (Å²) in [6.07, 6.45) is -1.73. The van der Waals surface area contributed by atoms with Crippen molar-refractivity contribution >= 4 is 11.9 Å². The van der Waals surface area contributed by atoms with Crippen LogP contribution in [0.1, 0.15) is 21.5 Å². The van der Waals surface area contributed by atoms with Crippen molar-refractivity contribution < 1.29 is 27.8 Å². The number of hydrogen-bond acceptors (Lipinski definition) is 3. The summed E-state index contributed by atoms with van der Waals surface area (Å²) < 4.78 is 42.3. The molecule has 2 aromatic carbocycles. The third-order valence-corrected chi connectivity index (χ3v) is 3.13. The van der Waals surface area contributed by atoms with Gasteiger partial charge >= 0.3 is 6.18 Å². The van der Waals surface area contributed by atoms with Crippen LogP contribution in [0.25, 0.3) is 6.08 Å². The molecule has 0 saturated carbocycles. The molecule has 0 aliphatic rings. The molecule has 0 atom stereocenters. The molecule has 0 amide bonds. The number of halogens is 3. The number of aromatic hydroxyl groups is 1. The first-order valence-electron chi connectivity index (χ1n) is 6.58. The summed E-state index contributed by atoms with van der Waals surface area (Å²) in [6.45, 7) is 0. The Labute approximate surface area is 130 Å². The Balaban J connectivity index is 2.15. The van der Waals surface area contributed by atoms with Crippen molar-refractivity contribution in [2.45, 2.75) is 6.18 Å². The number of alkyl halides is 3. The van der Waals surface area contributed by atoms with E-state index in [0.29, 0.717) is 11.1 Å². The maximum Gasteiger partial charge on any atom is 0.416 e. The van der Waals surface area contributed by atoms with Gasteiger partial charge in [-0.25, -0.2) is 0 Å². The molecular formula is C17H13F3O3. The normalized spacial score (nSPS) is 11.7. The Hall–Kier alpha value is -2.76. The molecule has 0 saturated heterocycles. The average Bonchev–Trinajstić information content (AvgIpc) is 2.52. The number of hydrogen-bond donors (Lipinski definition) is 1. The lowest BCUT2D eigenvalue weighted by Gasteiger charge is -2.06. The first-order chi connectivity index (χ1) is 10.8. The minimum Gasteiger partial charge on any atom is -0.504 e. The quantitative estimate of drug-likeness (QED) is 0.674. The predicted molar refractivity (Wildman–Crippen MR) is 79.5 cm³/mol. The second-order valence-corrected chi connectivity index (χ2v) is 4.70. The number of carbonyl (C=O) groups excluding carboxylic acids is 1. The van der Waals surface area contributed by atoms with Gasteiger partial charge in [-0.2, -0.15) is 13.2 Å². The van der Waals surface area contributed by atoms with E-state index in [1.54, 1.807) is 0 Å². The zero-order valence-corrected chi connectivity index (χ0v) is 12.1. The zero-order valence-electron chi connectivity index (χ0n) is 12.1. The van der Waals surface area contributed by atoms with E-state index >= 15 is 0 Å². The van der Waals surface area contributed by atoms with Crippen molar-refractivity contribution in [3.05, 3.63) is 65.2 Å². The fourth-order valence-corrected chi connectivity index (χ4v) is 1.88. The summed E-state index contributed by atoms with van der Waals surface area (Å²) in [6, 6.07) is 8.61. The number of ketones is 1. The van der Waals surface area contributed by atoms with Crippen LogP contribution in [-0.2, 0) is 6.18 Å². The third kappa shape index (κ3) is 4.12. The molecule has 0 spiro atoms. The van der Waals surface area contributed by atoms with Crippen LogP contribution in [0, 0.1) is 0 Å². The van der Waals surface area contributed by atoms with Crippen LogP contribution in [0.2, 0.25) is 0 Å². The fraction of sp³-hybridized carbons (Fsp3) is 0.118. The topological polar surface area (TPSA) is 46.5 Å². The number of ether oxygens (including phenoxy) is 1. The average molecular weight is 322 g/mol. The Morgan fingerprint density at radius 1 is 1.13 bits per heavy atom. The molecule has 0 aliphatic carbocycles. The van der Waals surface area contributed by atoms with Crippen LogP contribution in [0.3, 0.4) is 0 Å². The van der Waals surface area contributed by atoms with Gasteiger partial charge in [0.05, 0.1) is 12.7 Å². The van der Waals surface area contributed by atoms with E-state index in [1.165, 1.54) is 49.6 Å². The van der Waals surface area contributed by atoms with Gasteiger partial charge in [0.2, 0.25) is 0 Å². The highest BCUT2D eigenvalue weighted by Gasteiger charge is 2.29. The summed E-state index contributed by atoms with van der Waals surface area (Å²) in [5.74, 6) is -0.280. The molecule has 0 unspecified atom stereocenters. The van der Waals surface area contributed by atoms with Crippen molar-refractivity contribution in [2.75, 3.05) is 7.11 Å². The van der Waals surface area contributed by atoms with E-state index in [-0.39, 0.29) is 17.3 Å². The van der Waals surface area contributed by atoms with Crippen LogP contribution in [0.15, 0.2) is 48.5 Å². The molecule has 1 N–H and O–H groups in total. The first-order valence-corrected chi connectivity index (χ1v) is 6.58. The molecule has 6 heteroatoms. The van der Waals surface area contributed by atoms with Crippen molar-refractivity contribution in [2.24, 2.45) is 0 Å². The lowest BCUT2D eigenvalue weighted by atomic mass is 10.1. The van der Waals surface area contributed by atoms with Gasteiger partial charge in [0.1, 0.15) is 0 Å². The monoisotopic (exact) mass is 322 g/mol. The largest absolute Gasteiger partial charge is 0.504 e. The van der Waals surface area contributed by atoms with Crippen molar-refractivity contribution in [3.63, 3.8) is 0 Å². The van der Waals surface area contributed by atoms with Gasteiger partial charge < -0.3 is 9.84 Å². The number of benzene rings is 2. The molecule has 23 heavy (non-hydrogen) atoms. The Bertz CT molecular complexity index is 732. The zero-order chi connectivity index (χ0) is 17.0. The summed E-state index contributed by atoms with van der Waals surface area (Å²) in [7, 11) is 1.36. The third-order valence-electron chi connectivity index (χ3n) is 3.13. The van der Waals surface area contributed by atoms with Crippen LogP contribution < -0.4 is 4.74 Å². The van der Waals surface area contributed by atoms with E-state index in [1.807, 2.05) is 0 Å². The van der Waals surface area contributed by atoms with E-state index in [2.05, 4.69) is 0 Å². The molecule has 0 bridgehead atoms. The van der Waals surface area contributed by atoms with E-state index in [9.17, 15) is 23.1 Å². The van der Waals surface area contributed by atoms with Crippen LogP contribution >= 0.6 is 0 Å². The van der Waals surface area contributed by atoms with Gasteiger partial charge in [-0.3, -0.25) is 4.79 Å². The highest BCUT2D eigenvalue weighted by Crippen LogP contribution is 2.29. The van der Waals surface area contributed by atoms with Gasteiger partial charge in [-0.15, -0.1) is 0 Å². The van der Waals surface area contributed by atoms with Crippen molar-refractivity contribution in [1.82, 2.24) is 0 Å². The summed E-state index contributed by atoms with van der Waals surface area (Å²) in [5.41, 5.74) is 0.0177. The first kappa shape index (κ1) is 16.6. The number of phenolic OH excluding ortho intramolecular Hbond substituents is 1. The van der Waals surface area contributed by atoms with Crippen molar-refractivity contribution in [1.29, 1.82) is 0 Å². The Morgan fingerprint density at radius 3 is 2.35 bits per heavy atom. The molecule has 0 heterocycles. The van der Waals surface area contributed by atoms with Crippen LogP contribution in [0.4, 0.5) is 13.2 Å². The number of methoxy groups -OCH3 is 1. The molecule has 120 valence electrons.